The minimum absolute atomic E-state index is 0.232. The normalized spacial score (nSPS) is 10.9. The zero-order chi connectivity index (χ0) is 20.0. The van der Waals surface area contributed by atoms with E-state index in [0.29, 0.717) is 24.6 Å². The Labute approximate surface area is 159 Å². The summed E-state index contributed by atoms with van der Waals surface area (Å²) in [5.74, 6) is 1.03. The molecule has 0 aliphatic carbocycles. The van der Waals surface area contributed by atoms with Gasteiger partial charge in [0.25, 0.3) is 0 Å². The van der Waals surface area contributed by atoms with E-state index in [0.717, 1.165) is 17.4 Å². The van der Waals surface area contributed by atoms with Crippen LogP contribution < -0.4 is 9.47 Å². The summed E-state index contributed by atoms with van der Waals surface area (Å²) in [5.41, 5.74) is 1.65. The molecule has 0 atom stereocenters. The second kappa shape index (κ2) is 8.73. The Morgan fingerprint density at radius 3 is 1.96 bits per heavy atom. The van der Waals surface area contributed by atoms with Crippen LogP contribution in [0.4, 0.5) is 0 Å². The van der Waals surface area contributed by atoms with Crippen molar-refractivity contribution in [1.29, 1.82) is 0 Å². The van der Waals surface area contributed by atoms with Crippen LogP contribution in [0, 0.1) is 0 Å². The third-order valence-electron chi connectivity index (χ3n) is 4.00. The molecule has 1 amide bonds. The molecule has 0 aliphatic heterocycles. The van der Waals surface area contributed by atoms with Gasteiger partial charge in [-0.05, 0) is 41.5 Å². The van der Waals surface area contributed by atoms with Crippen molar-refractivity contribution in [2.75, 3.05) is 20.5 Å². The Bertz CT molecular complexity index is 898. The molecule has 0 radical (unpaired) electrons. The summed E-state index contributed by atoms with van der Waals surface area (Å²) in [6, 6.07) is 11.9. The van der Waals surface area contributed by atoms with Gasteiger partial charge in [0.2, 0.25) is 5.91 Å². The van der Waals surface area contributed by atoms with Crippen molar-refractivity contribution in [3.05, 3.63) is 66.2 Å². The molecule has 0 fully saturated rings. The molecule has 0 spiro atoms. The number of amides is 1. The van der Waals surface area contributed by atoms with Crippen LogP contribution in [-0.4, -0.2) is 39.7 Å². The number of rotatable bonds is 8. The zero-order valence-corrected chi connectivity index (χ0v) is 16.5. The number of methoxy groups -OCH3 is 2. The fraction of sp³-hybridized carbons (Fsp3) is 0.250. The molecule has 27 heavy (non-hydrogen) atoms. The summed E-state index contributed by atoms with van der Waals surface area (Å²) >= 11 is 0. The van der Waals surface area contributed by atoms with E-state index >= 15 is 0 Å². The molecule has 0 aliphatic rings. The quantitative estimate of drug-likeness (QED) is 0.649. The van der Waals surface area contributed by atoms with Gasteiger partial charge in [-0.15, -0.1) is 0 Å². The van der Waals surface area contributed by atoms with Gasteiger partial charge in [-0.3, -0.25) is 4.79 Å². The van der Waals surface area contributed by atoms with Gasteiger partial charge in [-0.1, -0.05) is 18.7 Å². The van der Waals surface area contributed by atoms with Crippen molar-refractivity contribution in [1.82, 2.24) is 4.90 Å². The summed E-state index contributed by atoms with van der Waals surface area (Å²) in [7, 11) is -0.129. The van der Waals surface area contributed by atoms with Crippen molar-refractivity contribution in [2.45, 2.75) is 18.0 Å². The van der Waals surface area contributed by atoms with E-state index in [4.69, 9.17) is 9.47 Å². The number of hydrogen-bond acceptors (Lipinski definition) is 5. The van der Waals surface area contributed by atoms with Crippen molar-refractivity contribution in [3.8, 4) is 11.5 Å². The molecule has 0 aromatic heterocycles. The number of nitrogens with zero attached hydrogens (tertiary/aromatic N) is 1. The molecule has 144 valence electrons. The number of ether oxygens (including phenoxy) is 2. The van der Waals surface area contributed by atoms with Crippen molar-refractivity contribution in [3.63, 3.8) is 0 Å². The van der Waals surface area contributed by atoms with Crippen LogP contribution in [0.25, 0.3) is 0 Å². The second-order valence-corrected chi connectivity index (χ2v) is 8.05. The fourth-order valence-corrected chi connectivity index (χ4v) is 3.21. The maximum Gasteiger partial charge on any atom is 0.246 e. The Balaban J connectivity index is 2.26. The highest BCUT2D eigenvalue weighted by molar-refractivity contribution is 7.90. The minimum atomic E-state index is -3.26. The van der Waals surface area contributed by atoms with Gasteiger partial charge in [0.05, 0.1) is 19.1 Å². The zero-order valence-electron chi connectivity index (χ0n) is 15.6. The molecule has 0 unspecified atom stereocenters. The molecule has 7 heteroatoms. The first-order chi connectivity index (χ1) is 12.8. The highest BCUT2D eigenvalue weighted by Crippen LogP contribution is 2.24. The van der Waals surface area contributed by atoms with Gasteiger partial charge in [-0.25, -0.2) is 8.42 Å². The first-order valence-corrected chi connectivity index (χ1v) is 10.1. The largest absolute Gasteiger partial charge is 0.497 e. The molecule has 0 saturated heterocycles. The molecular weight excluding hydrogens is 366 g/mol. The van der Waals surface area contributed by atoms with E-state index in [-0.39, 0.29) is 10.8 Å². The smallest absolute Gasteiger partial charge is 0.246 e. The van der Waals surface area contributed by atoms with Crippen LogP contribution in [0.3, 0.4) is 0 Å². The predicted octanol–water partition coefficient (Wildman–Crippen LogP) is 2.82. The van der Waals surface area contributed by atoms with E-state index in [1.54, 1.807) is 37.3 Å². The summed E-state index contributed by atoms with van der Waals surface area (Å²) in [6.45, 7) is 4.20. The van der Waals surface area contributed by atoms with Crippen LogP contribution in [0.15, 0.2) is 60.0 Å². The lowest BCUT2D eigenvalue weighted by molar-refractivity contribution is -0.127. The average Bonchev–Trinajstić information content (AvgIpc) is 2.66. The summed E-state index contributed by atoms with van der Waals surface area (Å²) in [4.78, 5) is 14.2. The highest BCUT2D eigenvalue weighted by Gasteiger charge is 2.14. The summed E-state index contributed by atoms with van der Waals surface area (Å²) < 4.78 is 33.7. The van der Waals surface area contributed by atoms with E-state index < -0.39 is 9.84 Å². The van der Waals surface area contributed by atoms with Crippen molar-refractivity contribution in [2.24, 2.45) is 0 Å². The molecule has 0 heterocycles. The number of carbonyl (C=O) groups excluding carboxylic acids is 1. The Morgan fingerprint density at radius 1 is 1.00 bits per heavy atom. The molecule has 0 bridgehead atoms. The lowest BCUT2D eigenvalue weighted by Gasteiger charge is -2.22. The van der Waals surface area contributed by atoms with Gasteiger partial charge in [0.15, 0.2) is 9.84 Å². The molecular formula is C20H23NO5S. The second-order valence-electron chi connectivity index (χ2n) is 6.04. The first-order valence-electron chi connectivity index (χ1n) is 8.19. The molecule has 0 N–H and O–H groups in total. The number of benzene rings is 2. The van der Waals surface area contributed by atoms with Crippen molar-refractivity contribution < 1.29 is 22.7 Å². The molecule has 2 rings (SSSR count). The highest BCUT2D eigenvalue weighted by atomic mass is 32.2. The summed E-state index contributed by atoms with van der Waals surface area (Å²) in [6.07, 6.45) is 2.41. The lowest BCUT2D eigenvalue weighted by atomic mass is 10.1. The third kappa shape index (κ3) is 5.59. The van der Waals surface area contributed by atoms with Crippen LogP contribution in [0.5, 0.6) is 11.5 Å². The minimum Gasteiger partial charge on any atom is -0.497 e. The maximum absolute atomic E-state index is 12.3. The Hall–Kier alpha value is -2.80. The van der Waals surface area contributed by atoms with Gasteiger partial charge >= 0.3 is 0 Å². The lowest BCUT2D eigenvalue weighted by Crippen LogP contribution is -2.28. The van der Waals surface area contributed by atoms with Crippen LogP contribution >= 0.6 is 0 Å². The van der Waals surface area contributed by atoms with Gasteiger partial charge in [0, 0.05) is 25.4 Å². The monoisotopic (exact) mass is 389 g/mol. The van der Waals surface area contributed by atoms with E-state index in [1.165, 1.54) is 18.2 Å². The Kier molecular flexibility index (Phi) is 6.63. The summed E-state index contributed by atoms with van der Waals surface area (Å²) in [5, 5.41) is 0. The van der Waals surface area contributed by atoms with E-state index in [2.05, 4.69) is 6.58 Å². The molecule has 2 aromatic carbocycles. The first kappa shape index (κ1) is 20.5. The third-order valence-corrected chi connectivity index (χ3v) is 5.12. The van der Waals surface area contributed by atoms with Crippen molar-refractivity contribution >= 4 is 15.7 Å². The predicted molar refractivity (Wildman–Crippen MR) is 104 cm³/mol. The Morgan fingerprint density at radius 2 is 1.52 bits per heavy atom. The van der Waals surface area contributed by atoms with Gasteiger partial charge in [-0.2, -0.15) is 0 Å². The number of carbonyl (C=O) groups is 1. The van der Waals surface area contributed by atoms with Gasteiger partial charge in [0.1, 0.15) is 11.5 Å². The molecule has 0 saturated carbocycles. The van der Waals surface area contributed by atoms with E-state index in [9.17, 15) is 13.2 Å². The SMILES string of the molecule is C=CC(=O)N(Cc1ccc(S(C)(=O)=O)cc1)Cc1cc(OC)cc(OC)c1. The van der Waals surface area contributed by atoms with Crippen LogP contribution in [-0.2, 0) is 27.7 Å². The van der Waals surface area contributed by atoms with E-state index in [1.807, 2.05) is 12.1 Å². The number of hydrogen-bond donors (Lipinski definition) is 0. The standard InChI is InChI=1S/C20H23NO5S/c1-5-20(22)21(13-15-6-8-19(9-7-15)27(4,23)24)14-16-10-17(25-2)12-18(11-16)26-3/h5-12H,1,13-14H2,2-4H3. The maximum atomic E-state index is 12.3. The van der Waals surface area contributed by atoms with Crippen LogP contribution in [0.1, 0.15) is 11.1 Å². The molecule has 6 nitrogen and oxygen atoms in total. The van der Waals surface area contributed by atoms with Crippen LogP contribution in [0.2, 0.25) is 0 Å². The fourth-order valence-electron chi connectivity index (χ4n) is 2.58. The molecule has 2 aromatic rings. The topological polar surface area (TPSA) is 72.9 Å². The average molecular weight is 389 g/mol. The van der Waals surface area contributed by atoms with Gasteiger partial charge < -0.3 is 14.4 Å². The number of sulfone groups is 1.